The summed E-state index contributed by atoms with van der Waals surface area (Å²) in [5.41, 5.74) is 2.33. The minimum absolute atomic E-state index is 0.197. The number of carboxylic acids is 1. The van der Waals surface area contributed by atoms with Crippen molar-refractivity contribution in [1.82, 2.24) is 4.98 Å². The van der Waals surface area contributed by atoms with Gasteiger partial charge in [0.2, 0.25) is 0 Å². The Morgan fingerprint density at radius 3 is 2.38 bits per heavy atom. The maximum Gasteiger partial charge on any atom is 0.416 e. The highest BCUT2D eigenvalue weighted by molar-refractivity contribution is 7.15. The molecule has 0 bridgehead atoms. The molecule has 0 N–H and O–H groups in total. The molecule has 9 heteroatoms. The molecule has 0 aliphatic carbocycles. The highest BCUT2D eigenvalue weighted by atomic mass is 32.1. The van der Waals surface area contributed by atoms with Crippen molar-refractivity contribution in [3.05, 3.63) is 69.7 Å². The Hall–Kier alpha value is -2.91. The molecule has 3 rings (SSSR count). The van der Waals surface area contributed by atoms with E-state index in [1.807, 2.05) is 26.8 Å². The fraction of sp³-hybridized carbons (Fsp3) is 0.360. The fourth-order valence-corrected chi connectivity index (χ4v) is 4.60. The van der Waals surface area contributed by atoms with E-state index in [4.69, 9.17) is 9.47 Å². The quantitative estimate of drug-likeness (QED) is 0.406. The molecule has 2 aromatic carbocycles. The van der Waals surface area contributed by atoms with Crippen LogP contribution in [-0.4, -0.2) is 23.7 Å². The van der Waals surface area contributed by atoms with Crippen molar-refractivity contribution in [3.8, 4) is 16.3 Å². The number of thiazole rings is 1. The molecular formula is C25H25F3NO4S-. The Bertz CT molecular complexity index is 1140. The van der Waals surface area contributed by atoms with Crippen molar-refractivity contribution in [2.75, 3.05) is 6.61 Å². The smallest absolute Gasteiger partial charge is 0.416 e. The third kappa shape index (κ3) is 6.15. The number of alkyl halides is 3. The van der Waals surface area contributed by atoms with Gasteiger partial charge in [0.25, 0.3) is 0 Å². The zero-order valence-electron chi connectivity index (χ0n) is 19.2. The molecule has 1 aromatic heterocycles. The van der Waals surface area contributed by atoms with Gasteiger partial charge in [-0.3, -0.25) is 0 Å². The van der Waals surface area contributed by atoms with Crippen LogP contribution in [0.5, 0.6) is 5.75 Å². The number of ether oxygens (including phenoxy) is 2. The van der Waals surface area contributed by atoms with Gasteiger partial charge in [0.05, 0.1) is 22.1 Å². The standard InChI is InChI=1S/C25H26F3NO4S/c1-5-32-21(24(30)31)13-18-8-11-20(12-14(18)2)33-16(4)22-15(3)29-23(34-22)17-6-9-19(10-7-17)25(26,27)28/h6-12,16,21H,5,13H2,1-4H3,(H,30,31)/p-1. The van der Waals surface area contributed by atoms with Gasteiger partial charge >= 0.3 is 6.18 Å². The van der Waals surface area contributed by atoms with Crippen LogP contribution in [0.3, 0.4) is 0 Å². The third-order valence-corrected chi connectivity index (χ3v) is 6.69. The molecule has 2 atom stereocenters. The molecule has 0 aliphatic heterocycles. The van der Waals surface area contributed by atoms with Crippen LogP contribution in [0.4, 0.5) is 13.2 Å². The lowest BCUT2D eigenvalue weighted by molar-refractivity contribution is -0.316. The predicted molar refractivity (Wildman–Crippen MR) is 122 cm³/mol. The maximum absolute atomic E-state index is 12.8. The van der Waals surface area contributed by atoms with Crippen LogP contribution >= 0.6 is 11.3 Å². The van der Waals surface area contributed by atoms with Gasteiger partial charge in [-0.05, 0) is 63.1 Å². The van der Waals surface area contributed by atoms with Gasteiger partial charge in [0.1, 0.15) is 23.0 Å². The maximum atomic E-state index is 12.8. The molecule has 182 valence electrons. The molecule has 34 heavy (non-hydrogen) atoms. The Labute approximate surface area is 200 Å². The van der Waals surface area contributed by atoms with Crippen LogP contribution in [0.25, 0.3) is 10.6 Å². The molecule has 0 fully saturated rings. The Morgan fingerprint density at radius 2 is 1.82 bits per heavy atom. The fourth-order valence-electron chi connectivity index (χ4n) is 3.55. The first-order valence-electron chi connectivity index (χ1n) is 10.7. The van der Waals surface area contributed by atoms with Crippen molar-refractivity contribution >= 4 is 17.3 Å². The van der Waals surface area contributed by atoms with E-state index in [2.05, 4.69) is 4.98 Å². The van der Waals surface area contributed by atoms with Crippen LogP contribution in [0.1, 0.15) is 47.2 Å². The van der Waals surface area contributed by atoms with Crippen molar-refractivity contribution in [3.63, 3.8) is 0 Å². The van der Waals surface area contributed by atoms with Gasteiger partial charge in [0.15, 0.2) is 0 Å². The van der Waals surface area contributed by atoms with Crippen LogP contribution in [0.2, 0.25) is 0 Å². The van der Waals surface area contributed by atoms with Crippen LogP contribution in [0.15, 0.2) is 42.5 Å². The van der Waals surface area contributed by atoms with Gasteiger partial charge in [-0.25, -0.2) is 4.98 Å². The summed E-state index contributed by atoms with van der Waals surface area (Å²) >= 11 is 1.37. The number of aryl methyl sites for hydroxylation is 2. The predicted octanol–water partition coefficient (Wildman–Crippen LogP) is 5.28. The number of carbonyl (C=O) groups excluding carboxylic acids is 1. The summed E-state index contributed by atoms with van der Waals surface area (Å²) in [5.74, 6) is -0.640. The van der Waals surface area contributed by atoms with Crippen LogP contribution < -0.4 is 9.84 Å². The molecule has 0 radical (unpaired) electrons. The van der Waals surface area contributed by atoms with Gasteiger partial charge in [-0.1, -0.05) is 18.2 Å². The topological polar surface area (TPSA) is 71.5 Å². The van der Waals surface area contributed by atoms with Gasteiger partial charge < -0.3 is 19.4 Å². The molecule has 3 aromatic rings. The van der Waals surface area contributed by atoms with Gasteiger partial charge in [-0.2, -0.15) is 13.2 Å². The second kappa shape index (κ2) is 10.6. The number of hydrogen-bond donors (Lipinski definition) is 0. The summed E-state index contributed by atoms with van der Waals surface area (Å²) in [4.78, 5) is 16.6. The monoisotopic (exact) mass is 492 g/mol. The number of carboxylic acid groups (broad SMARTS) is 1. The van der Waals surface area contributed by atoms with Crippen molar-refractivity contribution < 1.29 is 32.5 Å². The number of aliphatic carboxylic acids is 1. The number of nitrogens with zero attached hydrogens (tertiary/aromatic N) is 1. The SMILES string of the molecule is CCOC(Cc1ccc(OC(C)c2sc(-c3ccc(C(F)(F)F)cc3)nc2C)cc1C)C(=O)[O-]. The average molecular weight is 493 g/mol. The number of aromatic nitrogens is 1. The van der Waals surface area contributed by atoms with Crippen LogP contribution in [0, 0.1) is 13.8 Å². The minimum Gasteiger partial charge on any atom is -0.547 e. The second-order valence-electron chi connectivity index (χ2n) is 7.86. The third-order valence-electron chi connectivity index (χ3n) is 5.32. The van der Waals surface area contributed by atoms with E-state index in [1.165, 1.54) is 23.5 Å². The zero-order valence-corrected chi connectivity index (χ0v) is 20.0. The van der Waals surface area contributed by atoms with Gasteiger partial charge in [0, 0.05) is 18.6 Å². The Kier molecular flexibility index (Phi) is 7.99. The van der Waals surface area contributed by atoms with E-state index in [0.717, 1.165) is 33.8 Å². The number of carbonyl (C=O) groups is 1. The van der Waals surface area contributed by atoms with E-state index in [0.29, 0.717) is 16.3 Å². The summed E-state index contributed by atoms with van der Waals surface area (Å²) in [7, 11) is 0. The first-order chi connectivity index (χ1) is 16.0. The number of benzene rings is 2. The van der Waals surface area contributed by atoms with E-state index >= 15 is 0 Å². The molecule has 5 nitrogen and oxygen atoms in total. The van der Waals surface area contributed by atoms with E-state index in [-0.39, 0.29) is 19.1 Å². The number of halogens is 3. The van der Waals surface area contributed by atoms with E-state index in [9.17, 15) is 23.1 Å². The lowest BCUT2D eigenvalue weighted by Crippen LogP contribution is -2.39. The first-order valence-corrected chi connectivity index (χ1v) is 11.5. The highest BCUT2D eigenvalue weighted by Gasteiger charge is 2.30. The Balaban J connectivity index is 1.73. The molecule has 0 amide bonds. The molecule has 1 heterocycles. The average Bonchev–Trinajstić information content (AvgIpc) is 3.16. The number of hydrogen-bond acceptors (Lipinski definition) is 6. The molecule has 0 aliphatic rings. The second-order valence-corrected chi connectivity index (χ2v) is 8.89. The highest BCUT2D eigenvalue weighted by Crippen LogP contribution is 2.36. The van der Waals surface area contributed by atoms with Crippen LogP contribution in [-0.2, 0) is 22.1 Å². The largest absolute Gasteiger partial charge is 0.547 e. The van der Waals surface area contributed by atoms with E-state index in [1.54, 1.807) is 19.1 Å². The summed E-state index contributed by atoms with van der Waals surface area (Å²) in [6.45, 7) is 7.58. The number of rotatable bonds is 9. The Morgan fingerprint density at radius 1 is 1.15 bits per heavy atom. The molecule has 0 spiro atoms. The summed E-state index contributed by atoms with van der Waals surface area (Å²) < 4.78 is 49.8. The summed E-state index contributed by atoms with van der Waals surface area (Å²) in [5, 5.41) is 11.9. The molecule has 0 saturated heterocycles. The van der Waals surface area contributed by atoms with E-state index < -0.39 is 23.8 Å². The minimum atomic E-state index is -4.38. The molecule has 0 saturated carbocycles. The summed E-state index contributed by atoms with van der Waals surface area (Å²) in [6, 6.07) is 10.3. The van der Waals surface area contributed by atoms with Crippen molar-refractivity contribution in [2.45, 2.75) is 52.5 Å². The van der Waals surface area contributed by atoms with Gasteiger partial charge in [-0.15, -0.1) is 11.3 Å². The summed E-state index contributed by atoms with van der Waals surface area (Å²) in [6.07, 6.45) is -5.54. The molecule has 2 unspecified atom stereocenters. The lowest BCUT2D eigenvalue weighted by atomic mass is 10.0. The first kappa shape index (κ1) is 25.7. The molecular weight excluding hydrogens is 467 g/mol. The van der Waals surface area contributed by atoms with Crippen molar-refractivity contribution in [1.29, 1.82) is 0 Å². The zero-order chi connectivity index (χ0) is 25.0. The lowest BCUT2D eigenvalue weighted by Gasteiger charge is -2.20. The normalized spacial score (nSPS) is 13.5. The van der Waals surface area contributed by atoms with Crippen molar-refractivity contribution in [2.24, 2.45) is 0 Å².